The van der Waals surface area contributed by atoms with Crippen LogP contribution in [0.25, 0.3) is 0 Å². The van der Waals surface area contributed by atoms with Crippen LogP contribution in [0.2, 0.25) is 0 Å². The highest BCUT2D eigenvalue weighted by molar-refractivity contribution is 5.68. The number of hydrogen-bond acceptors (Lipinski definition) is 9. The normalized spacial score (nSPS) is 28.3. The Bertz CT molecular complexity index is 748. The number of amides is 1. The van der Waals surface area contributed by atoms with Crippen molar-refractivity contribution in [2.24, 2.45) is 5.41 Å². The zero-order chi connectivity index (χ0) is 21.5. The first-order valence-corrected chi connectivity index (χ1v) is 10.4. The van der Waals surface area contributed by atoms with Gasteiger partial charge in [0.25, 0.3) is 6.41 Å². The largest absolute Gasteiger partial charge is 0.441 e. The van der Waals surface area contributed by atoms with Crippen molar-refractivity contribution in [3.63, 3.8) is 0 Å². The Morgan fingerprint density at radius 3 is 2.57 bits per heavy atom. The van der Waals surface area contributed by atoms with Crippen LogP contribution in [0.4, 0.5) is 4.79 Å². The van der Waals surface area contributed by atoms with E-state index in [9.17, 15) is 15.0 Å². The van der Waals surface area contributed by atoms with Crippen molar-refractivity contribution in [3.05, 3.63) is 18.0 Å². The molecule has 5 N–H and O–H groups in total. The molecule has 3 fully saturated rings. The number of aliphatic hydroxyl groups excluding tert-OH is 1. The summed E-state index contributed by atoms with van der Waals surface area (Å²) in [5.41, 5.74) is 0.951. The van der Waals surface area contributed by atoms with Crippen LogP contribution in [0, 0.1) is 5.41 Å². The average molecular weight is 426 g/mol. The van der Waals surface area contributed by atoms with Crippen LogP contribution in [0.15, 0.2) is 12.3 Å². The van der Waals surface area contributed by atoms with Gasteiger partial charge in [-0.3, -0.25) is 0 Å². The van der Waals surface area contributed by atoms with E-state index >= 15 is 0 Å². The monoisotopic (exact) mass is 426 g/mol. The van der Waals surface area contributed by atoms with Crippen LogP contribution in [0.3, 0.4) is 0 Å². The van der Waals surface area contributed by atoms with E-state index in [1.807, 2.05) is 6.07 Å². The second-order valence-electron chi connectivity index (χ2n) is 8.92. The number of aromatic nitrogens is 2. The molecule has 2 saturated heterocycles. The number of piperidine rings is 1. The predicted octanol–water partition coefficient (Wildman–Crippen LogP) is -0.875. The topological polar surface area (TPSA) is 152 Å². The lowest BCUT2D eigenvalue weighted by Crippen LogP contribution is -2.54. The van der Waals surface area contributed by atoms with Gasteiger partial charge in [0.1, 0.15) is 0 Å². The Balaban J connectivity index is 1.23. The van der Waals surface area contributed by atoms with Crippen molar-refractivity contribution in [3.8, 4) is 0 Å². The molecule has 168 valence electrons. The molecular formula is C19H30N4O7. The van der Waals surface area contributed by atoms with Crippen molar-refractivity contribution < 1.29 is 35.1 Å². The molecule has 0 aromatic carbocycles. The summed E-state index contributed by atoms with van der Waals surface area (Å²) in [4.78, 5) is 16.1. The number of carbonyl (C=O) groups excluding carboxylic acids is 1. The Labute approximate surface area is 174 Å². The van der Waals surface area contributed by atoms with E-state index in [4.69, 9.17) is 20.1 Å². The summed E-state index contributed by atoms with van der Waals surface area (Å²) in [7, 11) is 0. The molecule has 0 atom stereocenters. The second kappa shape index (κ2) is 8.06. The molecule has 3 heterocycles. The minimum absolute atomic E-state index is 0.0921. The van der Waals surface area contributed by atoms with Crippen LogP contribution in [0.1, 0.15) is 50.1 Å². The molecule has 11 nitrogen and oxygen atoms in total. The molecular weight excluding hydrogens is 396 g/mol. The van der Waals surface area contributed by atoms with Gasteiger partial charge in [-0.25, -0.2) is 9.48 Å². The SMILES string of the molecule is O=C(OCC(O)(O)O)N1CCC2(CC(N3CCC(c4ccnn4C(O)O)CC3)C2)C1. The summed E-state index contributed by atoms with van der Waals surface area (Å²) in [5.74, 6) is -2.75. The fourth-order valence-corrected chi connectivity index (χ4v) is 5.27. The summed E-state index contributed by atoms with van der Waals surface area (Å²) in [5, 5.41) is 49.4. The highest BCUT2D eigenvalue weighted by Gasteiger charge is 2.51. The van der Waals surface area contributed by atoms with Gasteiger partial charge in [-0.15, -0.1) is 0 Å². The smallest absolute Gasteiger partial charge is 0.410 e. The highest BCUT2D eigenvalue weighted by atomic mass is 16.7. The molecule has 0 bridgehead atoms. The van der Waals surface area contributed by atoms with Gasteiger partial charge in [0.05, 0.1) is 0 Å². The molecule has 1 spiro atoms. The van der Waals surface area contributed by atoms with Crippen LogP contribution in [-0.2, 0) is 4.74 Å². The van der Waals surface area contributed by atoms with Gasteiger partial charge in [-0.1, -0.05) is 0 Å². The van der Waals surface area contributed by atoms with Gasteiger partial charge < -0.3 is 40.1 Å². The molecule has 3 aliphatic rings. The van der Waals surface area contributed by atoms with E-state index in [0.717, 1.165) is 50.9 Å². The first-order chi connectivity index (χ1) is 14.2. The summed E-state index contributed by atoms with van der Waals surface area (Å²) >= 11 is 0. The number of ether oxygens (including phenoxy) is 1. The number of likely N-dealkylation sites (tertiary alicyclic amines) is 2. The Morgan fingerprint density at radius 1 is 1.23 bits per heavy atom. The second-order valence-corrected chi connectivity index (χ2v) is 8.92. The molecule has 1 aliphatic carbocycles. The Morgan fingerprint density at radius 2 is 1.93 bits per heavy atom. The van der Waals surface area contributed by atoms with Gasteiger partial charge in [0, 0.05) is 36.9 Å². The average Bonchev–Trinajstić information content (AvgIpc) is 3.32. The standard InChI is InChI=1S/C19H30N4O7/c24-16(25)23-15(1-5-20-23)13-2-6-21(7-3-13)14-9-18(10-14)4-8-22(11-18)17(26)30-12-19(27,28)29/h1,5,13-14,16,24-25,27-29H,2-4,6-12H2. The van der Waals surface area contributed by atoms with Gasteiger partial charge in [0.2, 0.25) is 0 Å². The third-order valence-corrected chi connectivity index (χ3v) is 6.81. The number of rotatable bonds is 5. The van der Waals surface area contributed by atoms with Gasteiger partial charge >= 0.3 is 12.1 Å². The molecule has 1 aromatic heterocycles. The number of hydrogen-bond donors (Lipinski definition) is 5. The van der Waals surface area contributed by atoms with Gasteiger partial charge in [0.15, 0.2) is 6.61 Å². The van der Waals surface area contributed by atoms with Crippen molar-refractivity contribution in [1.29, 1.82) is 0 Å². The lowest BCUT2D eigenvalue weighted by molar-refractivity contribution is -0.325. The fourth-order valence-electron chi connectivity index (χ4n) is 5.27. The van der Waals surface area contributed by atoms with Crippen molar-refractivity contribution in [2.75, 3.05) is 32.8 Å². The molecule has 0 radical (unpaired) electrons. The lowest BCUT2D eigenvalue weighted by Gasteiger charge is -2.51. The molecule has 0 unspecified atom stereocenters. The van der Waals surface area contributed by atoms with E-state index in [1.165, 1.54) is 4.68 Å². The van der Waals surface area contributed by atoms with Crippen LogP contribution >= 0.6 is 0 Å². The third kappa shape index (κ3) is 4.46. The van der Waals surface area contributed by atoms with E-state index in [2.05, 4.69) is 10.00 Å². The minimum Gasteiger partial charge on any atom is -0.441 e. The molecule has 2 aliphatic heterocycles. The molecule has 1 saturated carbocycles. The van der Waals surface area contributed by atoms with E-state index in [-0.39, 0.29) is 11.3 Å². The third-order valence-electron chi connectivity index (χ3n) is 6.81. The maximum absolute atomic E-state index is 12.0. The lowest BCUT2D eigenvalue weighted by atomic mass is 9.64. The van der Waals surface area contributed by atoms with Crippen molar-refractivity contribution in [2.45, 2.75) is 56.5 Å². The highest BCUT2D eigenvalue weighted by Crippen LogP contribution is 2.51. The Kier molecular flexibility index (Phi) is 5.77. The first kappa shape index (κ1) is 21.5. The zero-order valence-electron chi connectivity index (χ0n) is 16.8. The zero-order valence-corrected chi connectivity index (χ0v) is 16.8. The van der Waals surface area contributed by atoms with Gasteiger partial charge in [-0.2, -0.15) is 5.10 Å². The van der Waals surface area contributed by atoms with Crippen molar-refractivity contribution in [1.82, 2.24) is 19.6 Å². The fraction of sp³-hybridized carbons (Fsp3) is 0.789. The summed E-state index contributed by atoms with van der Waals surface area (Å²) in [6.07, 6.45) is 4.13. The first-order valence-electron chi connectivity index (χ1n) is 10.4. The molecule has 4 rings (SSSR count). The van der Waals surface area contributed by atoms with Crippen molar-refractivity contribution >= 4 is 6.09 Å². The van der Waals surface area contributed by atoms with Gasteiger partial charge in [-0.05, 0) is 56.7 Å². The summed E-state index contributed by atoms with van der Waals surface area (Å²) < 4.78 is 6.02. The van der Waals surface area contributed by atoms with Crippen LogP contribution in [0.5, 0.6) is 0 Å². The van der Waals surface area contributed by atoms with E-state index in [1.54, 1.807) is 11.1 Å². The number of nitrogens with zero attached hydrogens (tertiary/aromatic N) is 4. The quantitative estimate of drug-likeness (QED) is 0.378. The van der Waals surface area contributed by atoms with Crippen LogP contribution < -0.4 is 0 Å². The Hall–Kier alpha value is -1.76. The number of aliphatic hydroxyl groups is 5. The van der Waals surface area contributed by atoms with E-state index in [0.29, 0.717) is 19.1 Å². The molecule has 30 heavy (non-hydrogen) atoms. The summed E-state index contributed by atoms with van der Waals surface area (Å²) in [6, 6.07) is 2.33. The molecule has 1 amide bonds. The summed E-state index contributed by atoms with van der Waals surface area (Å²) in [6.45, 7) is 2.15. The molecule has 11 heteroatoms. The van der Waals surface area contributed by atoms with E-state index < -0.39 is 25.1 Å². The predicted molar refractivity (Wildman–Crippen MR) is 102 cm³/mol. The molecule has 1 aromatic rings. The maximum atomic E-state index is 12.0. The van der Waals surface area contributed by atoms with Crippen LogP contribution in [-0.4, -0.2) is 96.0 Å². The number of carbonyl (C=O) groups is 1. The maximum Gasteiger partial charge on any atom is 0.410 e. The minimum atomic E-state index is -3.01.